The fourth-order valence-electron chi connectivity index (χ4n) is 2.27. The molecule has 3 rings (SSSR count). The molecule has 1 atom stereocenters. The maximum atomic E-state index is 10.2. The standard InChI is InChI=1S/C18H19N3OS/c1-2-13-8-10-15(11-9-13)17-19-18(21-20-17)23-12-16(22)14-6-4-3-5-7-14/h3-11,16,22H,2,12H2,1H3,(H,19,20,21). The molecule has 2 aromatic carbocycles. The Morgan fingerprint density at radius 1 is 1.04 bits per heavy atom. The second-order valence-corrected chi connectivity index (χ2v) is 6.28. The van der Waals surface area contributed by atoms with Crippen LogP contribution in [-0.2, 0) is 6.42 Å². The minimum atomic E-state index is -0.515. The second-order valence-electron chi connectivity index (χ2n) is 5.27. The number of aromatic nitrogens is 3. The van der Waals surface area contributed by atoms with Gasteiger partial charge in [0.1, 0.15) is 0 Å². The SMILES string of the molecule is CCc1ccc(-c2nnc(SCC(O)c3ccccc3)[nH]2)cc1. The summed E-state index contributed by atoms with van der Waals surface area (Å²) in [6.45, 7) is 2.14. The van der Waals surface area contributed by atoms with E-state index in [0.717, 1.165) is 28.5 Å². The third kappa shape index (κ3) is 4.00. The van der Waals surface area contributed by atoms with Crippen molar-refractivity contribution in [1.82, 2.24) is 15.2 Å². The van der Waals surface area contributed by atoms with E-state index in [9.17, 15) is 5.11 Å². The molecule has 1 heterocycles. The first kappa shape index (κ1) is 15.8. The molecule has 3 aromatic rings. The number of hydrogen-bond donors (Lipinski definition) is 2. The van der Waals surface area contributed by atoms with Crippen LogP contribution in [0.4, 0.5) is 0 Å². The molecular weight excluding hydrogens is 306 g/mol. The zero-order valence-corrected chi connectivity index (χ0v) is 13.8. The summed E-state index contributed by atoms with van der Waals surface area (Å²) in [6.07, 6.45) is 0.508. The van der Waals surface area contributed by atoms with Gasteiger partial charge >= 0.3 is 0 Å². The van der Waals surface area contributed by atoms with Gasteiger partial charge in [0.15, 0.2) is 11.0 Å². The summed E-state index contributed by atoms with van der Waals surface area (Å²) in [7, 11) is 0. The lowest BCUT2D eigenvalue weighted by atomic mass is 10.1. The number of rotatable bonds is 6. The molecule has 1 unspecified atom stereocenters. The molecule has 0 radical (unpaired) electrons. The summed E-state index contributed by atoms with van der Waals surface area (Å²) in [5.74, 6) is 1.29. The van der Waals surface area contributed by atoms with E-state index < -0.39 is 6.10 Å². The Kier molecular flexibility index (Phi) is 5.10. The van der Waals surface area contributed by atoms with Crippen molar-refractivity contribution >= 4 is 11.8 Å². The van der Waals surface area contributed by atoms with Crippen LogP contribution in [0.25, 0.3) is 11.4 Å². The van der Waals surface area contributed by atoms with Crippen molar-refractivity contribution in [2.24, 2.45) is 0 Å². The van der Waals surface area contributed by atoms with Gasteiger partial charge in [0, 0.05) is 11.3 Å². The summed E-state index contributed by atoms with van der Waals surface area (Å²) in [6, 6.07) is 17.9. The number of hydrogen-bond acceptors (Lipinski definition) is 4. The minimum Gasteiger partial charge on any atom is -0.388 e. The molecule has 2 N–H and O–H groups in total. The maximum absolute atomic E-state index is 10.2. The molecule has 0 fully saturated rings. The number of benzene rings is 2. The van der Waals surface area contributed by atoms with Crippen LogP contribution in [0.3, 0.4) is 0 Å². The Bertz CT molecular complexity index is 740. The lowest BCUT2D eigenvalue weighted by molar-refractivity contribution is 0.204. The average molecular weight is 325 g/mol. The maximum Gasteiger partial charge on any atom is 0.188 e. The number of aryl methyl sites for hydroxylation is 1. The Labute approximate surface area is 140 Å². The van der Waals surface area contributed by atoms with Crippen molar-refractivity contribution in [3.63, 3.8) is 0 Å². The van der Waals surface area contributed by atoms with E-state index >= 15 is 0 Å². The zero-order valence-electron chi connectivity index (χ0n) is 12.9. The predicted molar refractivity (Wildman–Crippen MR) is 93.3 cm³/mol. The molecule has 118 valence electrons. The van der Waals surface area contributed by atoms with E-state index in [1.165, 1.54) is 17.3 Å². The number of aromatic amines is 1. The van der Waals surface area contributed by atoms with Crippen LogP contribution in [0.15, 0.2) is 59.8 Å². The van der Waals surface area contributed by atoms with Gasteiger partial charge in [-0.05, 0) is 17.5 Å². The van der Waals surface area contributed by atoms with Crippen LogP contribution in [0.1, 0.15) is 24.2 Å². The largest absolute Gasteiger partial charge is 0.388 e. The van der Waals surface area contributed by atoms with Crippen LogP contribution in [0.5, 0.6) is 0 Å². The van der Waals surface area contributed by atoms with Crippen molar-refractivity contribution in [3.8, 4) is 11.4 Å². The lowest BCUT2D eigenvalue weighted by Gasteiger charge is -2.08. The number of aliphatic hydroxyl groups is 1. The number of H-pyrrole nitrogens is 1. The quantitative estimate of drug-likeness (QED) is 0.676. The molecule has 0 aliphatic heterocycles. The van der Waals surface area contributed by atoms with Crippen molar-refractivity contribution in [3.05, 3.63) is 65.7 Å². The molecule has 0 aliphatic carbocycles. The molecule has 0 aliphatic rings. The highest BCUT2D eigenvalue weighted by Gasteiger charge is 2.11. The van der Waals surface area contributed by atoms with Gasteiger partial charge in [-0.25, -0.2) is 0 Å². The molecule has 0 spiro atoms. The molecule has 1 aromatic heterocycles. The first-order valence-electron chi connectivity index (χ1n) is 7.64. The van der Waals surface area contributed by atoms with Crippen molar-refractivity contribution in [2.75, 3.05) is 5.75 Å². The van der Waals surface area contributed by atoms with Crippen LogP contribution < -0.4 is 0 Å². The zero-order chi connectivity index (χ0) is 16.1. The van der Waals surface area contributed by atoms with Crippen LogP contribution in [-0.4, -0.2) is 26.0 Å². The van der Waals surface area contributed by atoms with Gasteiger partial charge in [-0.15, -0.1) is 10.2 Å². The Morgan fingerprint density at radius 2 is 1.78 bits per heavy atom. The molecular formula is C18H19N3OS. The summed E-state index contributed by atoms with van der Waals surface area (Å²) in [4.78, 5) is 3.20. The molecule has 0 amide bonds. The van der Waals surface area contributed by atoms with Gasteiger partial charge in [-0.3, -0.25) is 0 Å². The number of nitrogens with one attached hydrogen (secondary N) is 1. The third-order valence-corrected chi connectivity index (χ3v) is 4.60. The van der Waals surface area contributed by atoms with Gasteiger partial charge < -0.3 is 10.1 Å². The molecule has 0 saturated carbocycles. The molecule has 23 heavy (non-hydrogen) atoms. The van der Waals surface area contributed by atoms with Crippen molar-refractivity contribution < 1.29 is 5.11 Å². The van der Waals surface area contributed by atoms with Gasteiger partial charge in [0.2, 0.25) is 0 Å². The Balaban J connectivity index is 1.63. The van der Waals surface area contributed by atoms with E-state index in [4.69, 9.17) is 0 Å². The molecule has 5 heteroatoms. The van der Waals surface area contributed by atoms with E-state index in [0.29, 0.717) is 5.75 Å². The summed E-state index contributed by atoms with van der Waals surface area (Å²) < 4.78 is 0. The average Bonchev–Trinajstić information content (AvgIpc) is 3.09. The summed E-state index contributed by atoms with van der Waals surface area (Å²) >= 11 is 1.47. The molecule has 0 saturated heterocycles. The van der Waals surface area contributed by atoms with Crippen LogP contribution in [0.2, 0.25) is 0 Å². The smallest absolute Gasteiger partial charge is 0.188 e. The van der Waals surface area contributed by atoms with Gasteiger partial charge in [-0.1, -0.05) is 73.3 Å². The monoisotopic (exact) mass is 325 g/mol. The number of aliphatic hydroxyl groups excluding tert-OH is 1. The first-order chi connectivity index (χ1) is 11.3. The van der Waals surface area contributed by atoms with Gasteiger partial charge in [-0.2, -0.15) is 0 Å². The van der Waals surface area contributed by atoms with Gasteiger partial charge in [0.25, 0.3) is 0 Å². The van der Waals surface area contributed by atoms with Gasteiger partial charge in [0.05, 0.1) is 6.10 Å². The van der Waals surface area contributed by atoms with E-state index in [1.807, 2.05) is 42.5 Å². The highest BCUT2D eigenvalue weighted by Crippen LogP contribution is 2.24. The highest BCUT2D eigenvalue weighted by atomic mass is 32.2. The third-order valence-electron chi connectivity index (χ3n) is 3.66. The number of thioether (sulfide) groups is 1. The van der Waals surface area contributed by atoms with Crippen molar-refractivity contribution in [1.29, 1.82) is 0 Å². The predicted octanol–water partition coefficient (Wildman–Crippen LogP) is 3.86. The minimum absolute atomic E-state index is 0.515. The lowest BCUT2D eigenvalue weighted by Crippen LogP contribution is -2.00. The Morgan fingerprint density at radius 3 is 2.48 bits per heavy atom. The van der Waals surface area contributed by atoms with Crippen LogP contribution in [0, 0.1) is 0 Å². The fraction of sp³-hybridized carbons (Fsp3) is 0.222. The molecule has 0 bridgehead atoms. The van der Waals surface area contributed by atoms with E-state index in [-0.39, 0.29) is 0 Å². The topological polar surface area (TPSA) is 61.8 Å². The van der Waals surface area contributed by atoms with Crippen molar-refractivity contribution in [2.45, 2.75) is 24.6 Å². The van der Waals surface area contributed by atoms with Crippen LogP contribution >= 0.6 is 11.8 Å². The Hall–Kier alpha value is -2.11. The van der Waals surface area contributed by atoms with E-state index in [1.54, 1.807) is 0 Å². The van der Waals surface area contributed by atoms with E-state index in [2.05, 4.69) is 34.2 Å². The highest BCUT2D eigenvalue weighted by molar-refractivity contribution is 7.99. The summed E-state index contributed by atoms with van der Waals surface area (Å²) in [5.41, 5.74) is 3.23. The number of nitrogens with zero attached hydrogens (tertiary/aromatic N) is 2. The molecule has 4 nitrogen and oxygen atoms in total. The summed E-state index contributed by atoms with van der Waals surface area (Å²) in [5, 5.41) is 19.2. The fourth-order valence-corrected chi connectivity index (χ4v) is 3.04. The first-order valence-corrected chi connectivity index (χ1v) is 8.62. The second kappa shape index (κ2) is 7.44. The normalized spacial score (nSPS) is 12.3.